The molecule has 1 atom stereocenters. The highest BCUT2D eigenvalue weighted by atomic mass is 19.2. The summed E-state index contributed by atoms with van der Waals surface area (Å²) in [5.74, 6) is -1.75. The van der Waals surface area contributed by atoms with Gasteiger partial charge in [0, 0.05) is 7.05 Å². The van der Waals surface area contributed by atoms with Crippen LogP contribution < -0.4 is 5.32 Å². The average Bonchev–Trinajstić information content (AvgIpc) is 3.32. The van der Waals surface area contributed by atoms with Crippen molar-refractivity contribution in [2.45, 2.75) is 19.9 Å². The van der Waals surface area contributed by atoms with E-state index in [-0.39, 0.29) is 5.91 Å². The number of nitrogens with zero attached hydrogens (tertiary/aromatic N) is 3. The lowest BCUT2D eigenvalue weighted by molar-refractivity contribution is 0.0941. The molecule has 1 unspecified atom stereocenters. The molecule has 0 aliphatic heterocycles. The van der Waals surface area contributed by atoms with Crippen LogP contribution in [0.1, 0.15) is 34.6 Å². The second-order valence-corrected chi connectivity index (χ2v) is 6.81. The molecule has 0 saturated heterocycles. The quantitative estimate of drug-likeness (QED) is 0.558. The molecule has 1 aromatic carbocycles. The first-order chi connectivity index (χ1) is 13.8. The van der Waals surface area contributed by atoms with Crippen LogP contribution in [-0.2, 0) is 7.05 Å². The monoisotopic (exact) mass is 396 g/mol. The summed E-state index contributed by atoms with van der Waals surface area (Å²) in [4.78, 5) is 17.7. The molecule has 0 radical (unpaired) electrons. The van der Waals surface area contributed by atoms with Gasteiger partial charge in [0.1, 0.15) is 5.69 Å². The standard InChI is InChI=1S/C21H18F2N4O2/c1-11(13-6-7-15(22)16(23)9-13)24-21(28)14-10-17(18-5-4-8-29-18)25-20-19(14)12(2)26-27(20)3/h4-11H,1-3H3,(H,24,28). The fraction of sp³-hybridized carbons (Fsp3) is 0.190. The number of nitrogens with one attached hydrogen (secondary N) is 1. The number of aromatic nitrogens is 3. The van der Waals surface area contributed by atoms with Crippen LogP contribution in [0.4, 0.5) is 8.78 Å². The van der Waals surface area contributed by atoms with E-state index in [4.69, 9.17) is 4.42 Å². The number of pyridine rings is 1. The molecular formula is C21H18F2N4O2. The van der Waals surface area contributed by atoms with E-state index >= 15 is 0 Å². The Bertz CT molecular complexity index is 1220. The zero-order chi connectivity index (χ0) is 20.7. The lowest BCUT2D eigenvalue weighted by atomic mass is 10.1. The Morgan fingerprint density at radius 3 is 2.69 bits per heavy atom. The number of fused-ring (bicyclic) bond motifs is 1. The zero-order valence-electron chi connectivity index (χ0n) is 16.0. The van der Waals surface area contributed by atoms with Gasteiger partial charge in [0.2, 0.25) is 0 Å². The van der Waals surface area contributed by atoms with E-state index in [1.165, 1.54) is 12.3 Å². The number of benzene rings is 1. The molecule has 0 aliphatic rings. The third-order valence-electron chi connectivity index (χ3n) is 4.78. The van der Waals surface area contributed by atoms with Crippen molar-refractivity contribution in [2.75, 3.05) is 0 Å². The smallest absolute Gasteiger partial charge is 0.252 e. The predicted molar refractivity (Wildman–Crippen MR) is 103 cm³/mol. The first kappa shape index (κ1) is 18.8. The molecule has 0 spiro atoms. The molecule has 6 nitrogen and oxygen atoms in total. The molecule has 8 heteroatoms. The Balaban J connectivity index is 1.75. The van der Waals surface area contributed by atoms with Gasteiger partial charge >= 0.3 is 0 Å². The number of hydrogen-bond donors (Lipinski definition) is 1. The Labute approximate surface area is 165 Å². The van der Waals surface area contributed by atoms with Crippen molar-refractivity contribution < 1.29 is 18.0 Å². The maximum Gasteiger partial charge on any atom is 0.252 e. The minimum atomic E-state index is -0.960. The Morgan fingerprint density at radius 1 is 1.21 bits per heavy atom. The minimum Gasteiger partial charge on any atom is -0.463 e. The fourth-order valence-electron chi connectivity index (χ4n) is 3.31. The van der Waals surface area contributed by atoms with Gasteiger partial charge < -0.3 is 9.73 Å². The molecule has 4 aromatic rings. The summed E-state index contributed by atoms with van der Waals surface area (Å²) in [6.45, 7) is 3.50. The van der Waals surface area contributed by atoms with E-state index in [9.17, 15) is 13.6 Å². The molecule has 3 heterocycles. The highest BCUT2D eigenvalue weighted by molar-refractivity contribution is 6.07. The third-order valence-corrected chi connectivity index (χ3v) is 4.78. The minimum absolute atomic E-state index is 0.376. The highest BCUT2D eigenvalue weighted by Gasteiger charge is 2.21. The molecule has 0 aliphatic carbocycles. The number of carbonyl (C=O) groups excluding carboxylic acids is 1. The maximum absolute atomic E-state index is 13.6. The van der Waals surface area contributed by atoms with Crippen LogP contribution in [0.15, 0.2) is 47.1 Å². The Kier molecular flexibility index (Phi) is 4.62. The first-order valence-electron chi connectivity index (χ1n) is 8.99. The summed E-state index contributed by atoms with van der Waals surface area (Å²) in [7, 11) is 1.75. The van der Waals surface area contributed by atoms with Crippen LogP contribution in [0, 0.1) is 18.6 Å². The SMILES string of the molecule is Cc1nn(C)c2nc(-c3ccco3)cc(C(=O)NC(C)c3ccc(F)c(F)c3)c12. The summed E-state index contributed by atoms with van der Waals surface area (Å²) in [5.41, 5.74) is 2.53. The molecule has 29 heavy (non-hydrogen) atoms. The fourth-order valence-corrected chi connectivity index (χ4v) is 3.31. The lowest BCUT2D eigenvalue weighted by Crippen LogP contribution is -2.27. The maximum atomic E-state index is 13.6. The van der Waals surface area contributed by atoms with Gasteiger partial charge in [-0.25, -0.2) is 13.8 Å². The van der Waals surface area contributed by atoms with Crippen molar-refractivity contribution in [1.82, 2.24) is 20.1 Å². The Hall–Kier alpha value is -3.55. The van der Waals surface area contributed by atoms with E-state index in [1.807, 2.05) is 0 Å². The van der Waals surface area contributed by atoms with Crippen LogP contribution >= 0.6 is 0 Å². The number of rotatable bonds is 4. The summed E-state index contributed by atoms with van der Waals surface area (Å²) < 4.78 is 33.8. The highest BCUT2D eigenvalue weighted by Crippen LogP contribution is 2.27. The van der Waals surface area contributed by atoms with Gasteiger partial charge in [0.15, 0.2) is 23.0 Å². The third kappa shape index (κ3) is 3.37. The van der Waals surface area contributed by atoms with Crippen LogP contribution in [-0.4, -0.2) is 20.7 Å². The van der Waals surface area contributed by atoms with Gasteiger partial charge in [-0.15, -0.1) is 0 Å². The van der Waals surface area contributed by atoms with Crippen molar-refractivity contribution in [2.24, 2.45) is 7.05 Å². The number of amides is 1. The zero-order valence-corrected chi connectivity index (χ0v) is 16.0. The van der Waals surface area contributed by atoms with Crippen molar-refractivity contribution in [3.05, 3.63) is 71.1 Å². The molecule has 4 rings (SSSR count). The van der Waals surface area contributed by atoms with Crippen molar-refractivity contribution in [3.8, 4) is 11.5 Å². The summed E-state index contributed by atoms with van der Waals surface area (Å²) in [6.07, 6.45) is 1.53. The number of hydrogen-bond acceptors (Lipinski definition) is 4. The average molecular weight is 396 g/mol. The summed E-state index contributed by atoms with van der Waals surface area (Å²) >= 11 is 0. The predicted octanol–water partition coefficient (Wildman–Crippen LogP) is 4.31. The van der Waals surface area contributed by atoms with Gasteiger partial charge in [0.25, 0.3) is 5.91 Å². The van der Waals surface area contributed by atoms with Gasteiger partial charge in [-0.3, -0.25) is 9.48 Å². The van der Waals surface area contributed by atoms with E-state index in [0.717, 1.165) is 12.1 Å². The second kappa shape index (κ2) is 7.12. The van der Waals surface area contributed by atoms with Crippen molar-refractivity contribution in [3.63, 3.8) is 0 Å². The number of halogens is 2. The first-order valence-corrected chi connectivity index (χ1v) is 8.99. The lowest BCUT2D eigenvalue weighted by Gasteiger charge is -2.15. The van der Waals surface area contributed by atoms with E-state index in [0.29, 0.717) is 39.3 Å². The summed E-state index contributed by atoms with van der Waals surface area (Å²) in [5, 5.41) is 7.83. The largest absolute Gasteiger partial charge is 0.463 e. The molecule has 0 bridgehead atoms. The van der Waals surface area contributed by atoms with Crippen LogP contribution in [0.25, 0.3) is 22.5 Å². The number of aryl methyl sites for hydroxylation is 2. The molecule has 1 amide bonds. The van der Waals surface area contributed by atoms with E-state index < -0.39 is 17.7 Å². The normalized spacial score (nSPS) is 12.3. The van der Waals surface area contributed by atoms with Crippen LogP contribution in [0.5, 0.6) is 0 Å². The van der Waals surface area contributed by atoms with E-state index in [2.05, 4.69) is 15.4 Å². The van der Waals surface area contributed by atoms with Crippen molar-refractivity contribution >= 4 is 16.9 Å². The van der Waals surface area contributed by atoms with Gasteiger partial charge in [-0.2, -0.15) is 5.10 Å². The van der Waals surface area contributed by atoms with Crippen LogP contribution in [0.3, 0.4) is 0 Å². The molecule has 3 aromatic heterocycles. The van der Waals surface area contributed by atoms with Gasteiger partial charge in [-0.1, -0.05) is 6.07 Å². The molecule has 148 valence electrons. The van der Waals surface area contributed by atoms with Gasteiger partial charge in [0.05, 0.1) is 28.9 Å². The molecule has 0 fully saturated rings. The molecule has 1 N–H and O–H groups in total. The molecule has 0 saturated carbocycles. The summed E-state index contributed by atoms with van der Waals surface area (Å²) in [6, 6.07) is 8.15. The molecular weight excluding hydrogens is 378 g/mol. The Morgan fingerprint density at radius 2 is 2.00 bits per heavy atom. The number of carbonyl (C=O) groups is 1. The van der Waals surface area contributed by atoms with Gasteiger partial charge in [-0.05, 0) is 49.7 Å². The van der Waals surface area contributed by atoms with Crippen molar-refractivity contribution in [1.29, 1.82) is 0 Å². The number of furan rings is 1. The topological polar surface area (TPSA) is 73.0 Å². The van der Waals surface area contributed by atoms with E-state index in [1.54, 1.807) is 43.8 Å². The second-order valence-electron chi connectivity index (χ2n) is 6.81. The van der Waals surface area contributed by atoms with Crippen LogP contribution in [0.2, 0.25) is 0 Å².